The van der Waals surface area contributed by atoms with Crippen LogP contribution < -0.4 is 5.32 Å². The predicted octanol–water partition coefficient (Wildman–Crippen LogP) is 4.01. The van der Waals surface area contributed by atoms with Crippen LogP contribution in [0.25, 0.3) is 21.5 Å². The first-order valence-corrected chi connectivity index (χ1v) is 7.71. The molecule has 0 spiro atoms. The number of nitrogens with one attached hydrogen (secondary N) is 1. The zero-order valence-electron chi connectivity index (χ0n) is 11.6. The van der Waals surface area contributed by atoms with E-state index in [0.717, 1.165) is 18.5 Å². The molecule has 5 heteroatoms. The first-order valence-electron chi connectivity index (χ1n) is 6.83. The summed E-state index contributed by atoms with van der Waals surface area (Å²) < 4.78 is 7.05. The lowest BCUT2D eigenvalue weighted by molar-refractivity contribution is 0.423. The average molecular weight is 287 g/mol. The molecule has 0 bridgehead atoms. The van der Waals surface area contributed by atoms with Gasteiger partial charge >= 0.3 is 0 Å². The first-order chi connectivity index (χ1) is 9.79. The Labute approximate surface area is 121 Å². The normalized spacial score (nSPS) is 12.9. The zero-order valence-corrected chi connectivity index (χ0v) is 12.4. The van der Waals surface area contributed by atoms with E-state index in [1.54, 1.807) is 11.3 Å². The van der Waals surface area contributed by atoms with E-state index in [1.165, 1.54) is 10.1 Å². The van der Waals surface area contributed by atoms with Crippen LogP contribution >= 0.6 is 11.3 Å². The maximum Gasteiger partial charge on any atom is 0.249 e. The van der Waals surface area contributed by atoms with Crippen LogP contribution in [0, 0.1) is 0 Å². The Kier molecular flexibility index (Phi) is 3.80. The summed E-state index contributed by atoms with van der Waals surface area (Å²) in [5, 5.41) is 14.9. The lowest BCUT2D eigenvalue weighted by atomic mass is 10.2. The van der Waals surface area contributed by atoms with E-state index in [9.17, 15) is 0 Å². The van der Waals surface area contributed by atoms with Crippen LogP contribution in [-0.4, -0.2) is 16.7 Å². The van der Waals surface area contributed by atoms with E-state index >= 15 is 0 Å². The van der Waals surface area contributed by atoms with E-state index in [2.05, 4.69) is 40.0 Å². The summed E-state index contributed by atoms with van der Waals surface area (Å²) >= 11 is 1.70. The second-order valence-electron chi connectivity index (χ2n) is 4.77. The molecule has 0 aliphatic heterocycles. The van der Waals surface area contributed by atoms with Crippen LogP contribution in [-0.2, 0) is 0 Å². The molecular formula is C15H17N3OS. The summed E-state index contributed by atoms with van der Waals surface area (Å²) in [5.41, 5.74) is 1.02. The van der Waals surface area contributed by atoms with Gasteiger partial charge < -0.3 is 9.73 Å². The molecule has 1 unspecified atom stereocenters. The van der Waals surface area contributed by atoms with Gasteiger partial charge in [-0.15, -0.1) is 21.5 Å². The van der Waals surface area contributed by atoms with E-state index in [0.29, 0.717) is 11.8 Å². The van der Waals surface area contributed by atoms with E-state index in [4.69, 9.17) is 4.42 Å². The topological polar surface area (TPSA) is 51.0 Å². The summed E-state index contributed by atoms with van der Waals surface area (Å²) in [5.74, 6) is 1.24. The molecular weight excluding hydrogens is 270 g/mol. The van der Waals surface area contributed by atoms with Gasteiger partial charge in [-0.2, -0.15) is 0 Å². The van der Waals surface area contributed by atoms with Crippen molar-refractivity contribution in [1.82, 2.24) is 15.5 Å². The quantitative estimate of drug-likeness (QED) is 0.770. The number of hydrogen-bond donors (Lipinski definition) is 1. The summed E-state index contributed by atoms with van der Waals surface area (Å²) in [6.07, 6.45) is 1.08. The highest BCUT2D eigenvalue weighted by molar-refractivity contribution is 7.17. The number of benzene rings is 1. The van der Waals surface area contributed by atoms with Crippen LogP contribution in [0.4, 0.5) is 0 Å². The van der Waals surface area contributed by atoms with Crippen LogP contribution in [0.1, 0.15) is 32.2 Å². The highest BCUT2D eigenvalue weighted by Crippen LogP contribution is 2.33. The van der Waals surface area contributed by atoms with E-state index < -0.39 is 0 Å². The molecule has 0 radical (unpaired) electrons. The van der Waals surface area contributed by atoms with Crippen LogP contribution in [0.3, 0.4) is 0 Å². The monoisotopic (exact) mass is 287 g/mol. The Morgan fingerprint density at radius 2 is 2.15 bits per heavy atom. The average Bonchev–Trinajstić information content (AvgIpc) is 3.10. The minimum atomic E-state index is 0.0844. The third-order valence-corrected chi connectivity index (χ3v) is 4.19. The summed E-state index contributed by atoms with van der Waals surface area (Å²) in [6.45, 7) is 5.12. The maximum absolute atomic E-state index is 5.82. The second-order valence-corrected chi connectivity index (χ2v) is 5.68. The second kappa shape index (κ2) is 5.73. The third kappa shape index (κ3) is 2.46. The number of aromatic nitrogens is 2. The van der Waals surface area contributed by atoms with Crippen molar-refractivity contribution in [3.05, 3.63) is 35.5 Å². The number of nitrogens with zero attached hydrogens (tertiary/aromatic N) is 2. The SMILES string of the molecule is CCCNC(C)c1nnc(-c2csc3ccccc23)o1. The number of fused-ring (bicyclic) bond motifs is 1. The fraction of sp³-hybridized carbons (Fsp3) is 0.333. The van der Waals surface area contributed by atoms with Gasteiger partial charge in [0.05, 0.1) is 11.6 Å². The van der Waals surface area contributed by atoms with Gasteiger partial charge in [0.2, 0.25) is 11.8 Å². The van der Waals surface area contributed by atoms with Crippen LogP contribution in [0.15, 0.2) is 34.1 Å². The van der Waals surface area contributed by atoms with Gasteiger partial charge in [0, 0.05) is 15.5 Å². The highest BCUT2D eigenvalue weighted by Gasteiger charge is 2.16. The third-order valence-electron chi connectivity index (χ3n) is 3.22. The molecule has 1 atom stereocenters. The molecule has 0 amide bonds. The Morgan fingerprint density at radius 1 is 1.30 bits per heavy atom. The smallest absolute Gasteiger partial charge is 0.249 e. The zero-order chi connectivity index (χ0) is 13.9. The molecule has 0 saturated carbocycles. The molecule has 0 aliphatic rings. The molecule has 3 rings (SSSR count). The van der Waals surface area contributed by atoms with Crippen molar-refractivity contribution in [2.45, 2.75) is 26.3 Å². The van der Waals surface area contributed by atoms with Gasteiger partial charge in [0.15, 0.2) is 0 Å². The van der Waals surface area contributed by atoms with Crippen molar-refractivity contribution in [1.29, 1.82) is 0 Å². The Hall–Kier alpha value is -1.72. The summed E-state index contributed by atoms with van der Waals surface area (Å²) in [6, 6.07) is 8.34. The van der Waals surface area contributed by atoms with Crippen molar-refractivity contribution in [2.24, 2.45) is 0 Å². The lowest BCUT2D eigenvalue weighted by Gasteiger charge is -2.07. The van der Waals surface area contributed by atoms with Crippen molar-refractivity contribution in [3.63, 3.8) is 0 Å². The van der Waals surface area contributed by atoms with Gasteiger partial charge in [-0.3, -0.25) is 0 Å². The fourth-order valence-corrected chi connectivity index (χ4v) is 3.04. The van der Waals surface area contributed by atoms with Gasteiger partial charge in [-0.1, -0.05) is 25.1 Å². The predicted molar refractivity (Wildman–Crippen MR) is 81.8 cm³/mol. The Bertz CT molecular complexity index is 704. The molecule has 2 aromatic heterocycles. The molecule has 1 aromatic carbocycles. The van der Waals surface area contributed by atoms with E-state index in [1.807, 2.05) is 19.1 Å². The molecule has 2 heterocycles. The van der Waals surface area contributed by atoms with Gasteiger partial charge in [0.1, 0.15) is 0 Å². The number of thiophene rings is 1. The maximum atomic E-state index is 5.82. The molecule has 104 valence electrons. The van der Waals surface area contributed by atoms with Crippen molar-refractivity contribution < 1.29 is 4.42 Å². The summed E-state index contributed by atoms with van der Waals surface area (Å²) in [4.78, 5) is 0. The lowest BCUT2D eigenvalue weighted by Crippen LogP contribution is -2.19. The number of hydrogen-bond acceptors (Lipinski definition) is 5. The van der Waals surface area contributed by atoms with Crippen molar-refractivity contribution in [2.75, 3.05) is 6.54 Å². The standard InChI is InChI=1S/C15H17N3OS/c1-3-8-16-10(2)14-17-18-15(19-14)12-9-20-13-7-5-4-6-11(12)13/h4-7,9-10,16H,3,8H2,1-2H3. The van der Waals surface area contributed by atoms with Crippen LogP contribution in [0.2, 0.25) is 0 Å². The molecule has 0 aliphatic carbocycles. The Balaban J connectivity index is 1.90. The minimum Gasteiger partial charge on any atom is -0.419 e. The van der Waals surface area contributed by atoms with Gasteiger partial charge in [-0.25, -0.2) is 0 Å². The van der Waals surface area contributed by atoms with Crippen LogP contribution in [0.5, 0.6) is 0 Å². The van der Waals surface area contributed by atoms with Gasteiger partial charge in [0.25, 0.3) is 0 Å². The molecule has 0 saturated heterocycles. The first kappa shape index (κ1) is 13.3. The highest BCUT2D eigenvalue weighted by atomic mass is 32.1. The van der Waals surface area contributed by atoms with Crippen molar-refractivity contribution in [3.8, 4) is 11.5 Å². The fourth-order valence-electron chi connectivity index (χ4n) is 2.11. The molecule has 4 nitrogen and oxygen atoms in total. The van der Waals surface area contributed by atoms with Crippen molar-refractivity contribution >= 4 is 21.4 Å². The van der Waals surface area contributed by atoms with E-state index in [-0.39, 0.29) is 6.04 Å². The Morgan fingerprint density at radius 3 is 3.00 bits per heavy atom. The van der Waals surface area contributed by atoms with Gasteiger partial charge in [-0.05, 0) is 26.0 Å². The number of rotatable bonds is 5. The minimum absolute atomic E-state index is 0.0844. The summed E-state index contributed by atoms with van der Waals surface area (Å²) in [7, 11) is 0. The molecule has 20 heavy (non-hydrogen) atoms. The molecule has 0 fully saturated rings. The molecule has 1 N–H and O–H groups in total. The molecule has 3 aromatic rings. The largest absolute Gasteiger partial charge is 0.419 e.